The average Bonchev–Trinajstić information content (AvgIpc) is 2.47. The lowest BCUT2D eigenvalue weighted by Crippen LogP contribution is -2.15. The number of nitrogens with two attached hydrogens (primary N) is 1. The maximum absolute atomic E-state index is 8.70. The third kappa shape index (κ3) is 2.89. The van der Waals surface area contributed by atoms with E-state index in [4.69, 9.17) is 20.4 Å². The Kier molecular flexibility index (Phi) is 3.77. The van der Waals surface area contributed by atoms with Gasteiger partial charge < -0.3 is 20.4 Å². The van der Waals surface area contributed by atoms with E-state index in [0.717, 1.165) is 0 Å². The van der Waals surface area contributed by atoms with E-state index in [1.54, 1.807) is 31.4 Å². The predicted molar refractivity (Wildman–Crippen MR) is 67.6 cm³/mol. The Labute approximate surface area is 109 Å². The minimum atomic E-state index is -0.104. The summed E-state index contributed by atoms with van der Waals surface area (Å²) in [6.07, 6.45) is 1.42. The van der Waals surface area contributed by atoms with E-state index in [9.17, 15) is 0 Å². The third-order valence-electron chi connectivity index (χ3n) is 2.33. The molecule has 1 aromatic carbocycles. The van der Waals surface area contributed by atoms with Crippen LogP contribution in [0.1, 0.15) is 5.56 Å². The van der Waals surface area contributed by atoms with E-state index in [-0.39, 0.29) is 11.7 Å². The largest absolute Gasteiger partial charge is 0.497 e. The second-order valence-electron chi connectivity index (χ2n) is 3.52. The van der Waals surface area contributed by atoms with E-state index in [1.807, 2.05) is 0 Å². The smallest absolute Gasteiger partial charge is 0.250 e. The summed E-state index contributed by atoms with van der Waals surface area (Å²) in [5, 5.41) is 19.1. The van der Waals surface area contributed by atoms with Gasteiger partial charge >= 0.3 is 0 Å². The van der Waals surface area contributed by atoms with Crippen LogP contribution in [0.15, 0.2) is 41.7 Å². The lowest BCUT2D eigenvalue weighted by molar-refractivity contribution is 0.318. The second kappa shape index (κ2) is 5.67. The van der Waals surface area contributed by atoms with Gasteiger partial charge in [0.05, 0.1) is 18.9 Å². The van der Waals surface area contributed by atoms with Crippen LogP contribution < -0.4 is 15.2 Å². The number of rotatable bonds is 4. The SMILES string of the molecule is COc1cccc(Oc2nnccc2/C(N)=N/O)c1. The Balaban J connectivity index is 2.33. The van der Waals surface area contributed by atoms with Crippen molar-refractivity contribution in [2.75, 3.05) is 7.11 Å². The summed E-state index contributed by atoms with van der Waals surface area (Å²) >= 11 is 0. The number of aromatic nitrogens is 2. The molecule has 0 fully saturated rings. The fourth-order valence-electron chi connectivity index (χ4n) is 1.42. The van der Waals surface area contributed by atoms with E-state index in [0.29, 0.717) is 17.1 Å². The van der Waals surface area contributed by atoms with Gasteiger partial charge in [-0.3, -0.25) is 0 Å². The van der Waals surface area contributed by atoms with Crippen LogP contribution in [0, 0.1) is 0 Å². The molecular weight excluding hydrogens is 248 g/mol. The molecule has 0 aliphatic heterocycles. The number of hydrogen-bond donors (Lipinski definition) is 2. The van der Waals surface area contributed by atoms with Gasteiger partial charge in [-0.15, -0.1) is 5.10 Å². The Hall–Kier alpha value is -2.83. The molecule has 0 spiro atoms. The van der Waals surface area contributed by atoms with E-state index in [2.05, 4.69) is 15.4 Å². The minimum Gasteiger partial charge on any atom is -0.497 e. The molecule has 98 valence electrons. The molecule has 7 heteroatoms. The molecule has 0 bridgehead atoms. The molecule has 1 aromatic heterocycles. The molecule has 2 aromatic rings. The van der Waals surface area contributed by atoms with Crippen molar-refractivity contribution >= 4 is 5.84 Å². The van der Waals surface area contributed by atoms with Crippen molar-refractivity contribution < 1.29 is 14.7 Å². The molecule has 19 heavy (non-hydrogen) atoms. The van der Waals surface area contributed by atoms with Gasteiger partial charge in [0.25, 0.3) is 0 Å². The number of methoxy groups -OCH3 is 1. The van der Waals surface area contributed by atoms with Gasteiger partial charge in [-0.25, -0.2) is 0 Å². The Morgan fingerprint density at radius 2 is 2.11 bits per heavy atom. The van der Waals surface area contributed by atoms with Gasteiger partial charge in [-0.05, 0) is 18.2 Å². The van der Waals surface area contributed by atoms with Crippen LogP contribution in [0.5, 0.6) is 17.4 Å². The Morgan fingerprint density at radius 3 is 2.84 bits per heavy atom. The van der Waals surface area contributed by atoms with Gasteiger partial charge in [0.15, 0.2) is 5.84 Å². The van der Waals surface area contributed by atoms with Gasteiger partial charge in [-0.2, -0.15) is 5.10 Å². The van der Waals surface area contributed by atoms with Crippen molar-refractivity contribution in [1.29, 1.82) is 0 Å². The van der Waals surface area contributed by atoms with E-state index >= 15 is 0 Å². The molecule has 0 saturated carbocycles. The molecule has 0 atom stereocenters. The first-order chi connectivity index (χ1) is 9.24. The summed E-state index contributed by atoms with van der Waals surface area (Å²) in [5.41, 5.74) is 5.88. The van der Waals surface area contributed by atoms with Gasteiger partial charge in [-0.1, -0.05) is 11.2 Å². The van der Waals surface area contributed by atoms with E-state index in [1.165, 1.54) is 12.3 Å². The highest BCUT2D eigenvalue weighted by molar-refractivity contribution is 5.98. The highest BCUT2D eigenvalue weighted by Gasteiger charge is 2.11. The molecule has 0 unspecified atom stereocenters. The first-order valence-electron chi connectivity index (χ1n) is 5.36. The summed E-state index contributed by atoms with van der Waals surface area (Å²) in [7, 11) is 1.56. The first-order valence-corrected chi connectivity index (χ1v) is 5.36. The fraction of sp³-hybridized carbons (Fsp3) is 0.0833. The van der Waals surface area contributed by atoms with Gasteiger partial charge in [0.2, 0.25) is 5.88 Å². The molecule has 0 amide bonds. The first kappa shape index (κ1) is 12.6. The lowest BCUT2D eigenvalue weighted by atomic mass is 10.2. The predicted octanol–water partition coefficient (Wildman–Crippen LogP) is 1.37. The van der Waals surface area contributed by atoms with Gasteiger partial charge in [0.1, 0.15) is 11.5 Å². The van der Waals surface area contributed by atoms with Crippen LogP contribution in [-0.2, 0) is 0 Å². The summed E-state index contributed by atoms with van der Waals surface area (Å²) in [4.78, 5) is 0. The summed E-state index contributed by atoms with van der Waals surface area (Å²) in [6.45, 7) is 0. The minimum absolute atomic E-state index is 0.104. The van der Waals surface area contributed by atoms with E-state index < -0.39 is 0 Å². The molecule has 0 aliphatic carbocycles. The molecule has 0 radical (unpaired) electrons. The molecule has 3 N–H and O–H groups in total. The van der Waals surface area contributed by atoms with Crippen molar-refractivity contribution in [1.82, 2.24) is 10.2 Å². The van der Waals surface area contributed by atoms with Crippen LogP contribution in [0.3, 0.4) is 0 Å². The number of nitrogens with zero attached hydrogens (tertiary/aromatic N) is 3. The van der Waals surface area contributed by atoms with Crippen LogP contribution in [0.25, 0.3) is 0 Å². The standard InChI is InChI=1S/C12H12N4O3/c1-18-8-3-2-4-9(7-8)19-12-10(11(13)16-17)5-6-14-15-12/h2-7,17H,1H3,(H2,13,16). The van der Waals surface area contributed by atoms with Crippen molar-refractivity contribution in [3.05, 3.63) is 42.1 Å². The topological polar surface area (TPSA) is 103 Å². The number of amidine groups is 1. The maximum atomic E-state index is 8.70. The lowest BCUT2D eigenvalue weighted by Gasteiger charge is -2.08. The zero-order valence-corrected chi connectivity index (χ0v) is 10.1. The van der Waals surface area contributed by atoms with Crippen molar-refractivity contribution in [2.24, 2.45) is 10.9 Å². The van der Waals surface area contributed by atoms with Gasteiger partial charge in [0, 0.05) is 6.07 Å². The number of oxime groups is 1. The molecule has 0 aliphatic rings. The quantitative estimate of drug-likeness (QED) is 0.372. The highest BCUT2D eigenvalue weighted by Crippen LogP contribution is 2.25. The molecule has 7 nitrogen and oxygen atoms in total. The van der Waals surface area contributed by atoms with Crippen LogP contribution >= 0.6 is 0 Å². The third-order valence-corrected chi connectivity index (χ3v) is 2.33. The zero-order chi connectivity index (χ0) is 13.7. The Morgan fingerprint density at radius 1 is 1.32 bits per heavy atom. The summed E-state index contributed by atoms with van der Waals surface area (Å²) < 4.78 is 10.6. The molecule has 0 saturated heterocycles. The van der Waals surface area contributed by atoms with Crippen LogP contribution in [0.2, 0.25) is 0 Å². The molecule has 1 heterocycles. The molecule has 2 rings (SSSR count). The number of hydrogen-bond acceptors (Lipinski definition) is 6. The maximum Gasteiger partial charge on any atom is 0.250 e. The second-order valence-corrected chi connectivity index (χ2v) is 3.52. The van der Waals surface area contributed by atoms with Crippen molar-refractivity contribution in [3.63, 3.8) is 0 Å². The molecular formula is C12H12N4O3. The number of ether oxygens (including phenoxy) is 2. The van der Waals surface area contributed by atoms with Crippen molar-refractivity contribution in [2.45, 2.75) is 0 Å². The van der Waals surface area contributed by atoms with Crippen LogP contribution in [0.4, 0.5) is 0 Å². The summed E-state index contributed by atoms with van der Waals surface area (Å²) in [6, 6.07) is 8.51. The number of benzene rings is 1. The van der Waals surface area contributed by atoms with Crippen LogP contribution in [-0.4, -0.2) is 28.4 Å². The monoisotopic (exact) mass is 260 g/mol. The zero-order valence-electron chi connectivity index (χ0n) is 10.1. The average molecular weight is 260 g/mol. The normalized spacial score (nSPS) is 11.1. The highest BCUT2D eigenvalue weighted by atomic mass is 16.5. The summed E-state index contributed by atoms with van der Waals surface area (Å²) in [5.74, 6) is 1.19. The van der Waals surface area contributed by atoms with Crippen molar-refractivity contribution in [3.8, 4) is 17.4 Å². The Bertz CT molecular complexity index is 601. The fourth-order valence-corrected chi connectivity index (χ4v) is 1.42.